The van der Waals surface area contributed by atoms with E-state index in [0.29, 0.717) is 6.42 Å². The fourth-order valence-corrected chi connectivity index (χ4v) is 3.98. The minimum absolute atomic E-state index is 0.118. The Morgan fingerprint density at radius 2 is 1.77 bits per heavy atom. The number of carbonyl (C=O) groups is 3. The molecule has 2 heterocycles. The molecule has 2 amide bonds. The second kappa shape index (κ2) is 10.5. The fraction of sp³-hybridized carbons (Fsp3) is 0.458. The van der Waals surface area contributed by atoms with E-state index in [4.69, 9.17) is 9.31 Å². The van der Waals surface area contributed by atoms with Gasteiger partial charge in [-0.2, -0.15) is 0 Å². The quantitative estimate of drug-likeness (QED) is 0.463. The molecule has 0 aliphatic carbocycles. The van der Waals surface area contributed by atoms with Crippen LogP contribution in [0.4, 0.5) is 0 Å². The van der Waals surface area contributed by atoms with E-state index < -0.39 is 42.0 Å². The van der Waals surface area contributed by atoms with E-state index in [9.17, 15) is 19.5 Å². The summed E-state index contributed by atoms with van der Waals surface area (Å²) in [4.78, 5) is 43.9. The molecule has 3 N–H and O–H groups in total. The summed E-state index contributed by atoms with van der Waals surface area (Å²) in [6.07, 6.45) is 4.76. The predicted molar refractivity (Wildman–Crippen MR) is 129 cm³/mol. The number of benzene rings is 1. The van der Waals surface area contributed by atoms with Crippen LogP contribution in [-0.4, -0.2) is 58.1 Å². The highest BCUT2D eigenvalue weighted by molar-refractivity contribution is 6.48. The van der Waals surface area contributed by atoms with Gasteiger partial charge in [-0.05, 0) is 50.8 Å². The molecule has 11 heteroatoms. The topological polar surface area (TPSA) is 140 Å². The first-order valence-electron chi connectivity index (χ1n) is 11.5. The van der Waals surface area contributed by atoms with Gasteiger partial charge >= 0.3 is 13.1 Å². The number of amides is 2. The zero-order chi connectivity index (χ0) is 25.8. The second-order valence-electron chi connectivity index (χ2n) is 9.61. The molecule has 2 unspecified atom stereocenters. The predicted octanol–water partition coefficient (Wildman–Crippen LogP) is 2.20. The second-order valence-corrected chi connectivity index (χ2v) is 9.61. The molecule has 0 bridgehead atoms. The van der Waals surface area contributed by atoms with Crippen LogP contribution in [0.1, 0.15) is 67.4 Å². The summed E-state index contributed by atoms with van der Waals surface area (Å²) in [7, 11) is -0.754. The van der Waals surface area contributed by atoms with E-state index in [0.717, 1.165) is 5.56 Å². The molecule has 35 heavy (non-hydrogen) atoms. The highest BCUT2D eigenvalue weighted by Crippen LogP contribution is 2.46. The number of aromatic nitrogens is 2. The Hall–Kier alpha value is -3.31. The summed E-state index contributed by atoms with van der Waals surface area (Å²) < 4.78 is 12.7. The lowest BCUT2D eigenvalue weighted by Gasteiger charge is -2.37. The van der Waals surface area contributed by atoms with Crippen molar-refractivity contribution in [2.75, 3.05) is 6.54 Å². The number of nitrogens with one attached hydrogen (secondary N) is 2. The molecule has 0 spiro atoms. The Bertz CT molecular complexity index is 1060. The van der Waals surface area contributed by atoms with Crippen LogP contribution in [0.3, 0.4) is 0 Å². The molecule has 1 fully saturated rings. The Morgan fingerprint density at radius 3 is 2.34 bits per heavy atom. The maximum absolute atomic E-state index is 12.7. The van der Waals surface area contributed by atoms with Gasteiger partial charge in [0.15, 0.2) is 0 Å². The summed E-state index contributed by atoms with van der Waals surface area (Å²) in [5.74, 6) is -2.15. The van der Waals surface area contributed by atoms with E-state index >= 15 is 0 Å². The Morgan fingerprint density at radius 1 is 1.09 bits per heavy atom. The molecule has 1 aromatic carbocycles. The minimum Gasteiger partial charge on any atom is -0.478 e. The van der Waals surface area contributed by atoms with E-state index in [1.807, 2.05) is 34.6 Å². The van der Waals surface area contributed by atoms with Gasteiger partial charge in [0.2, 0.25) is 5.91 Å². The van der Waals surface area contributed by atoms with Gasteiger partial charge in [-0.25, -0.2) is 9.78 Å². The standard InChI is InChI=1S/C24H31BN4O6/c1-15(2)12-19(29-20(30)14-28-21(31)18-13-26-10-11-27-18)25-34-23(3,4)24(5,35-25)17-8-6-16(7-9-17)22(32)33/h6-11,13,15,19H,12,14H2,1-5H3,(H,28,31)(H,29,30)(H,32,33). The third kappa shape index (κ3) is 6.04. The lowest BCUT2D eigenvalue weighted by molar-refractivity contribution is -0.120. The van der Waals surface area contributed by atoms with Gasteiger partial charge in [0.1, 0.15) is 11.3 Å². The average molecular weight is 482 g/mol. The first-order valence-corrected chi connectivity index (χ1v) is 11.5. The zero-order valence-electron chi connectivity index (χ0n) is 20.6. The molecular weight excluding hydrogens is 451 g/mol. The van der Waals surface area contributed by atoms with Gasteiger partial charge in [0.25, 0.3) is 5.91 Å². The van der Waals surface area contributed by atoms with Crippen molar-refractivity contribution in [3.63, 3.8) is 0 Å². The number of carbonyl (C=O) groups excluding carboxylic acids is 2. The van der Waals surface area contributed by atoms with Crippen LogP contribution in [-0.2, 0) is 19.7 Å². The van der Waals surface area contributed by atoms with E-state index in [1.54, 1.807) is 12.1 Å². The third-order valence-electron chi connectivity index (χ3n) is 6.20. The molecule has 1 aromatic heterocycles. The Balaban J connectivity index is 1.72. The van der Waals surface area contributed by atoms with Crippen LogP contribution >= 0.6 is 0 Å². The lowest BCUT2D eigenvalue weighted by Crippen LogP contribution is -2.51. The molecule has 1 saturated heterocycles. The fourth-order valence-electron chi connectivity index (χ4n) is 3.98. The van der Waals surface area contributed by atoms with E-state index in [1.165, 1.54) is 30.7 Å². The summed E-state index contributed by atoms with van der Waals surface area (Å²) in [5, 5.41) is 14.7. The van der Waals surface area contributed by atoms with Gasteiger partial charge in [-0.3, -0.25) is 14.6 Å². The molecule has 2 atom stereocenters. The third-order valence-corrected chi connectivity index (χ3v) is 6.20. The van der Waals surface area contributed by atoms with Gasteiger partial charge < -0.3 is 25.0 Å². The smallest absolute Gasteiger partial charge is 0.478 e. The number of nitrogens with zero attached hydrogens (tertiary/aromatic N) is 2. The monoisotopic (exact) mass is 482 g/mol. The molecule has 3 rings (SSSR count). The number of aromatic carboxylic acids is 1. The van der Waals surface area contributed by atoms with Crippen molar-refractivity contribution >= 4 is 24.9 Å². The number of hydrogen-bond acceptors (Lipinski definition) is 7. The van der Waals surface area contributed by atoms with Crippen LogP contribution in [0.25, 0.3) is 0 Å². The van der Waals surface area contributed by atoms with Crippen LogP contribution < -0.4 is 10.6 Å². The Kier molecular flexibility index (Phi) is 7.91. The van der Waals surface area contributed by atoms with Crippen molar-refractivity contribution in [3.8, 4) is 0 Å². The summed E-state index contributed by atoms with van der Waals surface area (Å²) in [6, 6.07) is 6.50. The molecule has 1 aliphatic rings. The van der Waals surface area contributed by atoms with Crippen molar-refractivity contribution in [3.05, 3.63) is 59.7 Å². The van der Waals surface area contributed by atoms with Crippen LogP contribution in [0.15, 0.2) is 42.9 Å². The average Bonchev–Trinajstić information content (AvgIpc) is 3.07. The normalized spacial score (nSPS) is 19.9. The van der Waals surface area contributed by atoms with Crippen molar-refractivity contribution in [1.29, 1.82) is 0 Å². The van der Waals surface area contributed by atoms with Crippen LogP contribution in [0.2, 0.25) is 0 Å². The highest BCUT2D eigenvalue weighted by Gasteiger charge is 2.57. The van der Waals surface area contributed by atoms with Gasteiger partial charge in [-0.15, -0.1) is 0 Å². The van der Waals surface area contributed by atoms with Crippen molar-refractivity contribution in [1.82, 2.24) is 20.6 Å². The maximum Gasteiger partial charge on any atom is 0.482 e. The number of hydrogen-bond donors (Lipinski definition) is 3. The SMILES string of the molecule is CC(C)CC(NC(=O)CNC(=O)c1cnccn1)B1OC(C)(C)C(C)(c2ccc(C(=O)O)cc2)O1. The van der Waals surface area contributed by atoms with E-state index in [2.05, 4.69) is 20.6 Å². The van der Waals surface area contributed by atoms with Crippen LogP contribution in [0, 0.1) is 5.92 Å². The highest BCUT2D eigenvalue weighted by atomic mass is 16.7. The summed E-state index contributed by atoms with van der Waals surface area (Å²) in [6.45, 7) is 9.49. The van der Waals surface area contributed by atoms with E-state index in [-0.39, 0.29) is 23.7 Å². The molecule has 1 aliphatic heterocycles. The summed E-state index contributed by atoms with van der Waals surface area (Å²) >= 11 is 0. The van der Waals surface area contributed by atoms with Crippen LogP contribution in [0.5, 0.6) is 0 Å². The molecular formula is C24H31BN4O6. The zero-order valence-corrected chi connectivity index (χ0v) is 20.6. The summed E-state index contributed by atoms with van der Waals surface area (Å²) in [5.41, 5.74) is -0.606. The van der Waals surface area contributed by atoms with Crippen molar-refractivity contribution < 1.29 is 28.8 Å². The minimum atomic E-state index is -1.01. The van der Waals surface area contributed by atoms with Crippen molar-refractivity contribution in [2.45, 2.75) is 58.2 Å². The number of carboxylic acids is 1. The molecule has 10 nitrogen and oxygen atoms in total. The number of rotatable bonds is 9. The maximum atomic E-state index is 12.7. The van der Waals surface area contributed by atoms with Gasteiger partial charge in [-0.1, -0.05) is 26.0 Å². The largest absolute Gasteiger partial charge is 0.482 e. The first-order chi connectivity index (χ1) is 16.4. The van der Waals surface area contributed by atoms with Gasteiger partial charge in [0, 0.05) is 12.4 Å². The van der Waals surface area contributed by atoms with Gasteiger partial charge in [0.05, 0.1) is 29.8 Å². The Labute approximate surface area is 205 Å². The molecule has 0 radical (unpaired) electrons. The molecule has 186 valence electrons. The molecule has 2 aromatic rings. The molecule has 0 saturated carbocycles. The number of carboxylic acid groups (broad SMARTS) is 1. The lowest BCUT2D eigenvalue weighted by atomic mass is 9.74. The van der Waals surface area contributed by atoms with Crippen molar-refractivity contribution in [2.24, 2.45) is 5.92 Å². The first kappa shape index (κ1) is 26.3.